The lowest BCUT2D eigenvalue weighted by atomic mass is 9.96. The number of hydrogen-bond donors (Lipinski definition) is 2. The summed E-state index contributed by atoms with van der Waals surface area (Å²) in [5.74, 6) is 0. The lowest BCUT2D eigenvalue weighted by molar-refractivity contribution is 0.204. The van der Waals surface area contributed by atoms with Gasteiger partial charge >= 0.3 is 0 Å². The predicted molar refractivity (Wildman–Crippen MR) is 58.8 cm³/mol. The van der Waals surface area contributed by atoms with E-state index in [9.17, 15) is 8.42 Å². The van der Waals surface area contributed by atoms with Gasteiger partial charge in [-0.15, -0.1) is 0 Å². The molecule has 0 spiro atoms. The quantitative estimate of drug-likeness (QED) is 0.656. The molecule has 0 aromatic rings. The molecule has 0 radical (unpaired) electrons. The first-order valence-corrected chi connectivity index (χ1v) is 6.88. The van der Waals surface area contributed by atoms with E-state index < -0.39 is 10.2 Å². The Labute approximate surface area is 91.8 Å². The summed E-state index contributed by atoms with van der Waals surface area (Å²) in [7, 11) is -1.79. The average Bonchev–Trinajstić information content (AvgIpc) is 2.18. The van der Waals surface area contributed by atoms with Gasteiger partial charge in [0.2, 0.25) is 0 Å². The van der Waals surface area contributed by atoms with Crippen molar-refractivity contribution in [1.82, 2.24) is 9.44 Å². The van der Waals surface area contributed by atoms with Crippen LogP contribution in [-0.2, 0) is 14.9 Å². The fraction of sp³-hybridized carbons (Fsp3) is 1.00. The SMILES string of the molecule is COCCNS(=O)(=O)NC1CCCCC1. The molecule has 2 N–H and O–H groups in total. The maximum absolute atomic E-state index is 11.5. The van der Waals surface area contributed by atoms with Gasteiger partial charge in [0.05, 0.1) is 6.61 Å². The highest BCUT2D eigenvalue weighted by molar-refractivity contribution is 7.87. The highest BCUT2D eigenvalue weighted by Gasteiger charge is 2.19. The summed E-state index contributed by atoms with van der Waals surface area (Å²) in [6.45, 7) is 0.712. The molecule has 0 atom stereocenters. The van der Waals surface area contributed by atoms with E-state index in [1.807, 2.05) is 0 Å². The van der Waals surface area contributed by atoms with E-state index in [0.717, 1.165) is 25.7 Å². The Kier molecular flexibility index (Phi) is 5.52. The minimum Gasteiger partial charge on any atom is -0.383 e. The zero-order chi connectivity index (χ0) is 11.1. The van der Waals surface area contributed by atoms with Crippen molar-refractivity contribution in [2.24, 2.45) is 0 Å². The van der Waals surface area contributed by atoms with Gasteiger partial charge in [0, 0.05) is 19.7 Å². The number of rotatable bonds is 6. The van der Waals surface area contributed by atoms with Crippen LogP contribution in [0.25, 0.3) is 0 Å². The van der Waals surface area contributed by atoms with Crippen molar-refractivity contribution in [2.75, 3.05) is 20.3 Å². The third kappa shape index (κ3) is 5.46. The maximum atomic E-state index is 11.5. The molecule has 0 aromatic carbocycles. The zero-order valence-electron chi connectivity index (χ0n) is 9.16. The minimum atomic E-state index is -3.33. The fourth-order valence-electron chi connectivity index (χ4n) is 1.76. The second-order valence-corrected chi connectivity index (χ2v) is 5.37. The van der Waals surface area contributed by atoms with E-state index in [2.05, 4.69) is 9.44 Å². The molecule has 0 aromatic heterocycles. The molecule has 1 rings (SSSR count). The molecule has 1 fully saturated rings. The first-order chi connectivity index (χ1) is 7.14. The molecular formula is C9H20N2O3S. The molecule has 1 saturated carbocycles. The van der Waals surface area contributed by atoms with Crippen LogP contribution < -0.4 is 9.44 Å². The van der Waals surface area contributed by atoms with Gasteiger partial charge in [0.25, 0.3) is 10.2 Å². The Balaban J connectivity index is 2.27. The van der Waals surface area contributed by atoms with Gasteiger partial charge < -0.3 is 4.74 Å². The van der Waals surface area contributed by atoms with Gasteiger partial charge in [-0.25, -0.2) is 0 Å². The normalized spacial score (nSPS) is 19.3. The average molecular weight is 236 g/mol. The molecule has 0 heterocycles. The molecule has 90 valence electrons. The van der Waals surface area contributed by atoms with E-state index in [-0.39, 0.29) is 6.04 Å². The largest absolute Gasteiger partial charge is 0.383 e. The van der Waals surface area contributed by atoms with Crippen molar-refractivity contribution >= 4 is 10.2 Å². The predicted octanol–water partition coefficient (Wildman–Crippen LogP) is 0.389. The van der Waals surface area contributed by atoms with Gasteiger partial charge in [0.1, 0.15) is 0 Å². The highest BCUT2D eigenvalue weighted by atomic mass is 32.2. The van der Waals surface area contributed by atoms with Crippen LogP contribution in [0.15, 0.2) is 0 Å². The van der Waals surface area contributed by atoms with Crippen molar-refractivity contribution in [3.05, 3.63) is 0 Å². The molecule has 0 aliphatic heterocycles. The summed E-state index contributed by atoms with van der Waals surface area (Å²) < 4.78 is 32.9. The molecule has 1 aliphatic rings. The summed E-state index contributed by atoms with van der Waals surface area (Å²) in [6.07, 6.45) is 5.35. The second kappa shape index (κ2) is 6.42. The van der Waals surface area contributed by atoms with Gasteiger partial charge in [0.15, 0.2) is 0 Å². The molecular weight excluding hydrogens is 216 g/mol. The van der Waals surface area contributed by atoms with E-state index >= 15 is 0 Å². The first-order valence-electron chi connectivity index (χ1n) is 5.40. The van der Waals surface area contributed by atoms with E-state index in [1.54, 1.807) is 7.11 Å². The smallest absolute Gasteiger partial charge is 0.277 e. The monoisotopic (exact) mass is 236 g/mol. The molecule has 0 unspecified atom stereocenters. The second-order valence-electron chi connectivity index (χ2n) is 3.84. The molecule has 0 amide bonds. The lowest BCUT2D eigenvalue weighted by Crippen LogP contribution is -2.44. The van der Waals surface area contributed by atoms with Gasteiger partial charge in [-0.05, 0) is 12.8 Å². The van der Waals surface area contributed by atoms with Crippen LogP contribution >= 0.6 is 0 Å². The van der Waals surface area contributed by atoms with Crippen LogP contribution in [0.2, 0.25) is 0 Å². The van der Waals surface area contributed by atoms with E-state index in [1.165, 1.54) is 6.42 Å². The Morgan fingerprint density at radius 2 is 1.93 bits per heavy atom. The third-order valence-electron chi connectivity index (χ3n) is 2.53. The van der Waals surface area contributed by atoms with Crippen LogP contribution in [0.3, 0.4) is 0 Å². The Morgan fingerprint density at radius 1 is 1.27 bits per heavy atom. The van der Waals surface area contributed by atoms with Crippen molar-refractivity contribution in [3.63, 3.8) is 0 Å². The lowest BCUT2D eigenvalue weighted by Gasteiger charge is -2.22. The standard InChI is InChI=1S/C9H20N2O3S/c1-14-8-7-10-15(12,13)11-9-5-3-2-4-6-9/h9-11H,2-8H2,1H3. The van der Waals surface area contributed by atoms with E-state index in [4.69, 9.17) is 4.74 Å². The molecule has 6 heteroatoms. The van der Waals surface area contributed by atoms with Crippen molar-refractivity contribution in [1.29, 1.82) is 0 Å². The summed E-state index contributed by atoms with van der Waals surface area (Å²) in [5, 5.41) is 0. The Hall–Kier alpha value is -0.170. The number of ether oxygens (including phenoxy) is 1. The summed E-state index contributed by atoms with van der Waals surface area (Å²) in [5.41, 5.74) is 0. The minimum absolute atomic E-state index is 0.110. The van der Waals surface area contributed by atoms with Gasteiger partial charge in [-0.3, -0.25) is 0 Å². The van der Waals surface area contributed by atoms with Crippen molar-refractivity contribution in [3.8, 4) is 0 Å². The van der Waals surface area contributed by atoms with Crippen LogP contribution in [0.1, 0.15) is 32.1 Å². The van der Waals surface area contributed by atoms with Crippen molar-refractivity contribution in [2.45, 2.75) is 38.1 Å². The third-order valence-corrected chi connectivity index (χ3v) is 3.75. The van der Waals surface area contributed by atoms with E-state index in [0.29, 0.717) is 13.2 Å². The van der Waals surface area contributed by atoms with Crippen LogP contribution in [-0.4, -0.2) is 34.7 Å². The van der Waals surface area contributed by atoms with Crippen LogP contribution in [0.4, 0.5) is 0 Å². The summed E-state index contributed by atoms with van der Waals surface area (Å²) in [4.78, 5) is 0. The maximum Gasteiger partial charge on any atom is 0.277 e. The van der Waals surface area contributed by atoms with Crippen LogP contribution in [0, 0.1) is 0 Å². The number of methoxy groups -OCH3 is 1. The summed E-state index contributed by atoms with van der Waals surface area (Å²) >= 11 is 0. The van der Waals surface area contributed by atoms with Crippen molar-refractivity contribution < 1.29 is 13.2 Å². The zero-order valence-corrected chi connectivity index (χ0v) is 9.98. The first kappa shape index (κ1) is 12.9. The topological polar surface area (TPSA) is 67.4 Å². The molecule has 5 nitrogen and oxygen atoms in total. The molecule has 1 aliphatic carbocycles. The fourth-order valence-corrected chi connectivity index (χ4v) is 2.87. The Morgan fingerprint density at radius 3 is 2.53 bits per heavy atom. The molecule has 0 bridgehead atoms. The van der Waals surface area contributed by atoms with Crippen LogP contribution in [0.5, 0.6) is 0 Å². The Bertz CT molecular complexity index is 261. The summed E-state index contributed by atoms with van der Waals surface area (Å²) in [6, 6.07) is 0.110. The van der Waals surface area contributed by atoms with Gasteiger partial charge in [-0.1, -0.05) is 19.3 Å². The van der Waals surface area contributed by atoms with Gasteiger partial charge in [-0.2, -0.15) is 17.9 Å². The molecule has 0 saturated heterocycles. The number of nitrogens with one attached hydrogen (secondary N) is 2. The number of hydrogen-bond acceptors (Lipinski definition) is 3. The highest BCUT2D eigenvalue weighted by Crippen LogP contribution is 2.17. The molecule has 15 heavy (non-hydrogen) atoms.